The number of amides is 1. The van der Waals surface area contributed by atoms with Crippen LogP contribution in [-0.2, 0) is 16.1 Å². The van der Waals surface area contributed by atoms with E-state index in [1.54, 1.807) is 18.9 Å². The third-order valence-corrected chi connectivity index (χ3v) is 6.82. The molecule has 6 nitrogen and oxygen atoms in total. The number of nitrogens with zero attached hydrogens (tertiary/aromatic N) is 4. The molecule has 150 valence electrons. The van der Waals surface area contributed by atoms with Crippen LogP contribution < -0.4 is 0 Å². The minimum Gasteiger partial charge on any atom is -0.380 e. The molecule has 1 atom stereocenters. The van der Waals surface area contributed by atoms with Gasteiger partial charge in [0.15, 0.2) is 5.16 Å². The Morgan fingerprint density at radius 1 is 1.30 bits per heavy atom. The third kappa shape index (κ3) is 5.00. The Balaban J connectivity index is 1.52. The summed E-state index contributed by atoms with van der Waals surface area (Å²) < 4.78 is 5.58. The predicted molar refractivity (Wildman–Crippen MR) is 108 cm³/mol. The molecule has 3 heterocycles. The van der Waals surface area contributed by atoms with Gasteiger partial charge in [-0.3, -0.25) is 9.69 Å². The average Bonchev–Trinajstić information content (AvgIpc) is 2.69. The van der Waals surface area contributed by atoms with Crippen LogP contribution in [-0.4, -0.2) is 71.3 Å². The lowest BCUT2D eigenvalue weighted by Gasteiger charge is -2.47. The summed E-state index contributed by atoms with van der Waals surface area (Å²) in [5.41, 5.74) is 0.910. The van der Waals surface area contributed by atoms with Gasteiger partial charge in [-0.2, -0.15) is 0 Å². The van der Waals surface area contributed by atoms with Gasteiger partial charge in [0.25, 0.3) is 0 Å². The number of carbonyl (C=O) groups is 1. The summed E-state index contributed by atoms with van der Waals surface area (Å²) in [4.78, 5) is 26.1. The smallest absolute Gasteiger partial charge is 0.228 e. The molecule has 0 N–H and O–H groups in total. The summed E-state index contributed by atoms with van der Waals surface area (Å²) in [5, 5.41) is 0.867. The first-order chi connectivity index (χ1) is 13.1. The molecule has 27 heavy (non-hydrogen) atoms. The number of rotatable bonds is 7. The Hall–Kier alpha value is -1.18. The van der Waals surface area contributed by atoms with Crippen molar-refractivity contribution in [3.05, 3.63) is 18.0 Å². The van der Waals surface area contributed by atoms with Gasteiger partial charge in [-0.15, -0.1) is 0 Å². The molecular weight excluding hydrogens is 360 g/mol. The quantitative estimate of drug-likeness (QED) is 0.404. The lowest BCUT2D eigenvalue weighted by Crippen LogP contribution is -2.56. The van der Waals surface area contributed by atoms with E-state index in [1.165, 1.54) is 12.8 Å². The number of piperidine rings is 2. The van der Waals surface area contributed by atoms with Gasteiger partial charge in [-0.05, 0) is 38.8 Å². The molecule has 2 saturated heterocycles. The Morgan fingerprint density at radius 3 is 2.63 bits per heavy atom. The van der Waals surface area contributed by atoms with Gasteiger partial charge in [-0.25, -0.2) is 9.97 Å². The van der Waals surface area contributed by atoms with Crippen LogP contribution in [0.2, 0.25) is 0 Å². The van der Waals surface area contributed by atoms with Gasteiger partial charge < -0.3 is 9.64 Å². The molecular formula is C20H32N4O2S. The molecule has 7 heteroatoms. The third-order valence-electron chi connectivity index (χ3n) is 5.86. The van der Waals surface area contributed by atoms with Crippen LogP contribution in [0.15, 0.2) is 17.6 Å². The number of methoxy groups -OCH3 is 1. The first-order valence-electron chi connectivity index (χ1n) is 10.0. The van der Waals surface area contributed by atoms with Crippen LogP contribution in [0.4, 0.5) is 0 Å². The van der Waals surface area contributed by atoms with E-state index < -0.39 is 0 Å². The van der Waals surface area contributed by atoms with E-state index in [4.69, 9.17) is 4.74 Å². The largest absolute Gasteiger partial charge is 0.380 e. The molecule has 0 aromatic carbocycles. The zero-order chi connectivity index (χ0) is 19.3. The summed E-state index contributed by atoms with van der Waals surface area (Å²) in [5.74, 6) is 1.38. The molecule has 1 unspecified atom stereocenters. The Bertz CT molecular complexity index is 617. The van der Waals surface area contributed by atoms with Crippen molar-refractivity contribution in [3.63, 3.8) is 0 Å². The van der Waals surface area contributed by atoms with E-state index in [1.807, 2.05) is 24.3 Å². The summed E-state index contributed by atoms with van der Waals surface area (Å²) >= 11 is 1.73. The van der Waals surface area contributed by atoms with Crippen molar-refractivity contribution in [2.75, 3.05) is 39.5 Å². The number of carbonyl (C=O) groups excluding carboxylic acids is 1. The van der Waals surface area contributed by atoms with Crippen LogP contribution in [0.5, 0.6) is 0 Å². The number of aromatic nitrogens is 2. The minimum absolute atomic E-state index is 0.158. The van der Waals surface area contributed by atoms with Crippen molar-refractivity contribution in [1.82, 2.24) is 19.8 Å². The highest BCUT2D eigenvalue weighted by atomic mass is 32.2. The normalized spacial score (nSPS) is 23.1. The van der Waals surface area contributed by atoms with Crippen molar-refractivity contribution in [1.29, 1.82) is 0 Å². The van der Waals surface area contributed by atoms with Crippen molar-refractivity contribution in [2.24, 2.45) is 5.41 Å². The summed E-state index contributed by atoms with van der Waals surface area (Å²) in [7, 11) is 3.65. The van der Waals surface area contributed by atoms with Crippen molar-refractivity contribution < 1.29 is 9.53 Å². The van der Waals surface area contributed by atoms with Crippen LogP contribution >= 0.6 is 11.8 Å². The van der Waals surface area contributed by atoms with Crippen LogP contribution in [0, 0.1) is 5.41 Å². The second kappa shape index (κ2) is 9.34. The van der Waals surface area contributed by atoms with Gasteiger partial charge in [0.2, 0.25) is 5.91 Å². The molecule has 0 bridgehead atoms. The highest BCUT2D eigenvalue weighted by molar-refractivity contribution is 7.99. The Morgan fingerprint density at radius 2 is 2.00 bits per heavy atom. The van der Waals surface area contributed by atoms with Crippen molar-refractivity contribution in [3.8, 4) is 0 Å². The highest BCUT2D eigenvalue weighted by Crippen LogP contribution is 2.41. The zero-order valence-corrected chi connectivity index (χ0v) is 17.6. The molecule has 1 aromatic heterocycles. The average molecular weight is 393 g/mol. The summed E-state index contributed by atoms with van der Waals surface area (Å²) in [6, 6.07) is 0. The number of ether oxygens (including phenoxy) is 1. The van der Waals surface area contributed by atoms with E-state index in [2.05, 4.69) is 21.8 Å². The van der Waals surface area contributed by atoms with Gasteiger partial charge in [0.1, 0.15) is 0 Å². The molecule has 0 saturated carbocycles. The molecule has 1 amide bonds. The molecule has 1 aromatic rings. The Labute approximate surface area is 167 Å². The first-order valence-corrected chi connectivity index (χ1v) is 11.0. The standard InChI is InChI=1S/C20H32N4O2S/c1-4-5-10-27-19-21-12-16(13-22-19)14-24-8-6-20(7-9-24)11-17(26-3)15-23(2)18(20)25/h12-13,17H,4-11,14-15H2,1-3H3. The lowest BCUT2D eigenvalue weighted by molar-refractivity contribution is -0.156. The van der Waals surface area contributed by atoms with Crippen molar-refractivity contribution in [2.45, 2.75) is 56.8 Å². The number of unbranched alkanes of at least 4 members (excludes halogenated alkanes) is 1. The molecule has 2 aliphatic heterocycles. The number of likely N-dealkylation sites (tertiary alicyclic amines) is 2. The molecule has 3 rings (SSSR count). The van der Waals surface area contributed by atoms with E-state index in [0.717, 1.165) is 55.4 Å². The highest BCUT2D eigenvalue weighted by Gasteiger charge is 2.47. The minimum atomic E-state index is -0.236. The summed E-state index contributed by atoms with van der Waals surface area (Å²) in [6.45, 7) is 5.63. The first kappa shape index (κ1) is 20.6. The summed E-state index contributed by atoms with van der Waals surface area (Å²) in [6.07, 6.45) is 9.12. The molecule has 1 spiro atoms. The number of thioether (sulfide) groups is 1. The van der Waals surface area contributed by atoms with Gasteiger partial charge in [0, 0.05) is 51.0 Å². The van der Waals surface area contributed by atoms with Crippen LogP contribution in [0.3, 0.4) is 0 Å². The molecule has 2 aliphatic rings. The topological polar surface area (TPSA) is 58.6 Å². The number of likely N-dealkylation sites (N-methyl/N-ethyl adjacent to an activating group) is 1. The van der Waals surface area contributed by atoms with E-state index in [0.29, 0.717) is 12.5 Å². The zero-order valence-electron chi connectivity index (χ0n) is 16.8. The maximum Gasteiger partial charge on any atom is 0.228 e. The molecule has 0 radical (unpaired) electrons. The van der Waals surface area contributed by atoms with Crippen molar-refractivity contribution >= 4 is 17.7 Å². The van der Waals surface area contributed by atoms with Gasteiger partial charge in [0.05, 0.1) is 11.5 Å². The fraction of sp³-hybridized carbons (Fsp3) is 0.750. The van der Waals surface area contributed by atoms with Crippen LogP contribution in [0.1, 0.15) is 44.6 Å². The fourth-order valence-electron chi connectivity index (χ4n) is 4.16. The van der Waals surface area contributed by atoms with E-state index in [-0.39, 0.29) is 11.5 Å². The number of hydrogen-bond acceptors (Lipinski definition) is 6. The Kier molecular flexibility index (Phi) is 7.11. The SMILES string of the molecule is CCCCSc1ncc(CN2CCC3(CC2)CC(OC)CN(C)C3=O)cn1. The second-order valence-corrected chi connectivity index (χ2v) is 8.94. The second-order valence-electron chi connectivity index (χ2n) is 7.88. The molecule has 0 aliphatic carbocycles. The fourth-order valence-corrected chi connectivity index (χ4v) is 5.03. The lowest BCUT2D eigenvalue weighted by atomic mass is 9.71. The van der Waals surface area contributed by atoms with Gasteiger partial charge in [-0.1, -0.05) is 25.1 Å². The number of hydrogen-bond donors (Lipinski definition) is 0. The van der Waals surface area contributed by atoms with Crippen LogP contribution in [0.25, 0.3) is 0 Å². The maximum absolute atomic E-state index is 12.8. The predicted octanol–water partition coefficient (Wildman–Crippen LogP) is 2.83. The monoisotopic (exact) mass is 392 g/mol. The van der Waals surface area contributed by atoms with E-state index in [9.17, 15) is 4.79 Å². The maximum atomic E-state index is 12.8. The van der Waals surface area contributed by atoms with Gasteiger partial charge >= 0.3 is 0 Å². The molecule has 2 fully saturated rings. The van der Waals surface area contributed by atoms with E-state index >= 15 is 0 Å².